The number of amidine groups is 1. The van der Waals surface area contributed by atoms with Gasteiger partial charge in [-0.1, -0.05) is 13.0 Å². The van der Waals surface area contributed by atoms with E-state index in [1.54, 1.807) is 0 Å². The number of hydrogen-bond acceptors (Lipinski definition) is 3. The quantitative estimate of drug-likeness (QED) is 0.578. The van der Waals surface area contributed by atoms with E-state index in [0.29, 0.717) is 6.54 Å². The topological polar surface area (TPSA) is 66.0 Å². The standard InChI is InChI=1S/C11H18N4/c1-8-4-5-10(14-6-8)15(3)7-9(2)11(12)13/h4-6,9H,7H2,1-3H3,(H3,12,13). The third-order valence-corrected chi connectivity index (χ3v) is 2.37. The van der Waals surface area contributed by atoms with Gasteiger partial charge >= 0.3 is 0 Å². The van der Waals surface area contributed by atoms with Crippen LogP contribution in [-0.4, -0.2) is 24.4 Å². The lowest BCUT2D eigenvalue weighted by atomic mass is 10.1. The number of rotatable bonds is 4. The van der Waals surface area contributed by atoms with Gasteiger partial charge in [0.15, 0.2) is 0 Å². The molecule has 0 amide bonds. The Morgan fingerprint density at radius 3 is 2.73 bits per heavy atom. The van der Waals surface area contributed by atoms with Gasteiger partial charge in [-0.05, 0) is 18.6 Å². The second-order valence-corrected chi connectivity index (χ2v) is 3.93. The Labute approximate surface area is 90.6 Å². The van der Waals surface area contributed by atoms with Crippen LogP contribution in [0, 0.1) is 18.3 Å². The number of nitrogens with one attached hydrogen (secondary N) is 1. The fourth-order valence-electron chi connectivity index (χ4n) is 1.29. The maximum Gasteiger partial charge on any atom is 0.128 e. The molecular weight excluding hydrogens is 188 g/mol. The van der Waals surface area contributed by atoms with Crippen LogP contribution in [0.2, 0.25) is 0 Å². The van der Waals surface area contributed by atoms with Crippen molar-refractivity contribution in [3.8, 4) is 0 Å². The van der Waals surface area contributed by atoms with Crippen molar-refractivity contribution in [1.82, 2.24) is 4.98 Å². The number of nitrogens with two attached hydrogens (primary N) is 1. The van der Waals surface area contributed by atoms with Crippen molar-refractivity contribution in [3.05, 3.63) is 23.9 Å². The van der Waals surface area contributed by atoms with Gasteiger partial charge in [0.05, 0.1) is 5.84 Å². The van der Waals surface area contributed by atoms with Crippen LogP contribution in [0.15, 0.2) is 18.3 Å². The summed E-state index contributed by atoms with van der Waals surface area (Å²) in [7, 11) is 1.96. The molecule has 0 fully saturated rings. The molecule has 4 heteroatoms. The maximum absolute atomic E-state index is 7.32. The van der Waals surface area contributed by atoms with Crippen LogP contribution >= 0.6 is 0 Å². The molecule has 0 saturated carbocycles. The van der Waals surface area contributed by atoms with Crippen molar-refractivity contribution < 1.29 is 0 Å². The molecule has 1 heterocycles. The molecular formula is C11H18N4. The van der Waals surface area contributed by atoms with Crippen LogP contribution < -0.4 is 10.6 Å². The minimum Gasteiger partial charge on any atom is -0.387 e. The summed E-state index contributed by atoms with van der Waals surface area (Å²) in [6.07, 6.45) is 1.84. The van der Waals surface area contributed by atoms with Gasteiger partial charge < -0.3 is 10.6 Å². The second kappa shape index (κ2) is 4.77. The third kappa shape index (κ3) is 3.23. The Bertz CT molecular complexity index is 331. The predicted octanol–water partition coefficient (Wildman–Crippen LogP) is 1.40. The Hall–Kier alpha value is -1.58. The van der Waals surface area contributed by atoms with Gasteiger partial charge in [0.2, 0.25) is 0 Å². The van der Waals surface area contributed by atoms with Crippen molar-refractivity contribution in [2.75, 3.05) is 18.5 Å². The molecule has 4 nitrogen and oxygen atoms in total. The molecule has 1 atom stereocenters. The Kier molecular flexibility index (Phi) is 3.66. The zero-order valence-electron chi connectivity index (χ0n) is 9.49. The summed E-state index contributed by atoms with van der Waals surface area (Å²) in [5, 5.41) is 7.32. The number of nitrogens with zero attached hydrogens (tertiary/aromatic N) is 2. The average Bonchev–Trinajstić information content (AvgIpc) is 2.18. The molecule has 1 unspecified atom stereocenters. The van der Waals surface area contributed by atoms with E-state index in [-0.39, 0.29) is 11.8 Å². The summed E-state index contributed by atoms with van der Waals surface area (Å²) < 4.78 is 0. The summed E-state index contributed by atoms with van der Waals surface area (Å²) in [6.45, 7) is 4.66. The zero-order valence-corrected chi connectivity index (χ0v) is 9.49. The van der Waals surface area contributed by atoms with Crippen LogP contribution in [0.4, 0.5) is 5.82 Å². The monoisotopic (exact) mass is 206 g/mol. The van der Waals surface area contributed by atoms with E-state index >= 15 is 0 Å². The molecule has 82 valence electrons. The molecule has 0 spiro atoms. The molecule has 1 rings (SSSR count). The van der Waals surface area contributed by atoms with E-state index < -0.39 is 0 Å². The number of anilines is 1. The molecule has 0 aliphatic rings. The number of pyridine rings is 1. The minimum absolute atomic E-state index is 0.0538. The van der Waals surface area contributed by atoms with Gasteiger partial charge in [-0.25, -0.2) is 4.98 Å². The average molecular weight is 206 g/mol. The Morgan fingerprint density at radius 1 is 1.60 bits per heavy atom. The normalized spacial score (nSPS) is 12.2. The molecule has 0 radical (unpaired) electrons. The summed E-state index contributed by atoms with van der Waals surface area (Å²) in [6, 6.07) is 4.00. The van der Waals surface area contributed by atoms with Gasteiger partial charge in [0.25, 0.3) is 0 Å². The Balaban J connectivity index is 2.64. The SMILES string of the molecule is Cc1ccc(N(C)CC(C)C(=N)N)nc1. The molecule has 1 aromatic heterocycles. The highest BCUT2D eigenvalue weighted by atomic mass is 15.2. The molecule has 3 N–H and O–H groups in total. The molecule has 0 aliphatic heterocycles. The zero-order chi connectivity index (χ0) is 11.4. The lowest BCUT2D eigenvalue weighted by molar-refractivity contribution is 0.722. The van der Waals surface area contributed by atoms with Crippen molar-refractivity contribution in [1.29, 1.82) is 5.41 Å². The van der Waals surface area contributed by atoms with E-state index in [1.165, 1.54) is 0 Å². The molecule has 0 bridgehead atoms. The van der Waals surface area contributed by atoms with Gasteiger partial charge in [0.1, 0.15) is 5.82 Å². The van der Waals surface area contributed by atoms with Gasteiger partial charge in [0, 0.05) is 25.7 Å². The van der Waals surface area contributed by atoms with E-state index in [2.05, 4.69) is 4.98 Å². The first kappa shape index (κ1) is 11.5. The maximum atomic E-state index is 7.32. The smallest absolute Gasteiger partial charge is 0.128 e. The summed E-state index contributed by atoms with van der Waals surface area (Å²) in [4.78, 5) is 6.31. The van der Waals surface area contributed by atoms with Gasteiger partial charge in [-0.3, -0.25) is 5.41 Å². The van der Waals surface area contributed by atoms with Crippen LogP contribution in [0.3, 0.4) is 0 Å². The highest BCUT2D eigenvalue weighted by molar-refractivity contribution is 5.79. The van der Waals surface area contributed by atoms with Crippen molar-refractivity contribution in [3.63, 3.8) is 0 Å². The van der Waals surface area contributed by atoms with Crippen molar-refractivity contribution in [2.45, 2.75) is 13.8 Å². The largest absolute Gasteiger partial charge is 0.387 e. The van der Waals surface area contributed by atoms with E-state index in [9.17, 15) is 0 Å². The van der Waals surface area contributed by atoms with E-state index in [4.69, 9.17) is 11.1 Å². The highest BCUT2D eigenvalue weighted by Crippen LogP contribution is 2.10. The summed E-state index contributed by atoms with van der Waals surface area (Å²) in [5.74, 6) is 1.18. The Morgan fingerprint density at radius 2 is 2.27 bits per heavy atom. The molecule has 0 aliphatic carbocycles. The van der Waals surface area contributed by atoms with Gasteiger partial charge in [-0.2, -0.15) is 0 Å². The fourth-order valence-corrected chi connectivity index (χ4v) is 1.29. The molecule has 0 saturated heterocycles. The lowest BCUT2D eigenvalue weighted by Gasteiger charge is -2.21. The van der Waals surface area contributed by atoms with Crippen molar-refractivity contribution in [2.24, 2.45) is 11.7 Å². The number of hydrogen-bond donors (Lipinski definition) is 2. The van der Waals surface area contributed by atoms with Crippen LogP contribution in [-0.2, 0) is 0 Å². The minimum atomic E-state index is 0.0538. The summed E-state index contributed by atoms with van der Waals surface area (Å²) >= 11 is 0. The molecule has 1 aromatic rings. The second-order valence-electron chi connectivity index (χ2n) is 3.93. The summed E-state index contributed by atoms with van der Waals surface area (Å²) in [5.41, 5.74) is 6.57. The molecule has 0 aromatic carbocycles. The fraction of sp³-hybridized carbons (Fsp3) is 0.455. The van der Waals surface area contributed by atoms with Crippen molar-refractivity contribution >= 4 is 11.7 Å². The first-order valence-corrected chi connectivity index (χ1v) is 4.98. The number of aromatic nitrogens is 1. The molecule has 15 heavy (non-hydrogen) atoms. The first-order chi connectivity index (χ1) is 7.00. The van der Waals surface area contributed by atoms with E-state index in [1.807, 2.05) is 44.1 Å². The van der Waals surface area contributed by atoms with Crippen LogP contribution in [0.25, 0.3) is 0 Å². The number of aryl methyl sites for hydroxylation is 1. The highest BCUT2D eigenvalue weighted by Gasteiger charge is 2.09. The predicted molar refractivity (Wildman–Crippen MR) is 63.3 cm³/mol. The lowest BCUT2D eigenvalue weighted by Crippen LogP contribution is -2.32. The van der Waals surface area contributed by atoms with Gasteiger partial charge in [-0.15, -0.1) is 0 Å². The van der Waals surface area contributed by atoms with E-state index in [0.717, 1.165) is 11.4 Å². The first-order valence-electron chi connectivity index (χ1n) is 4.98. The van der Waals surface area contributed by atoms with Crippen LogP contribution in [0.1, 0.15) is 12.5 Å². The third-order valence-electron chi connectivity index (χ3n) is 2.37. The van der Waals surface area contributed by atoms with Crippen LogP contribution in [0.5, 0.6) is 0 Å².